The Morgan fingerprint density at radius 1 is 0.393 bits per heavy atom. The van der Waals surface area contributed by atoms with E-state index in [1.54, 1.807) is 79.5 Å². The van der Waals surface area contributed by atoms with Crippen LogP contribution in [0.5, 0.6) is 0 Å². The van der Waals surface area contributed by atoms with Crippen LogP contribution in [-0.2, 0) is 11.2 Å². The van der Waals surface area contributed by atoms with E-state index in [1.807, 2.05) is 106 Å². The summed E-state index contributed by atoms with van der Waals surface area (Å²) in [4.78, 5) is 141. The van der Waals surface area contributed by atoms with Crippen LogP contribution in [-0.4, -0.2) is 205 Å². The molecule has 7 aliphatic rings. The summed E-state index contributed by atoms with van der Waals surface area (Å²) in [5.41, 5.74) is 14.6. The summed E-state index contributed by atoms with van der Waals surface area (Å²) in [6.45, 7) is 18.5. The number of benzene rings is 4. The van der Waals surface area contributed by atoms with Gasteiger partial charge in [0, 0.05) is 155 Å². The minimum atomic E-state index is -0.342. The van der Waals surface area contributed by atoms with Crippen LogP contribution < -0.4 is 36.4 Å². The van der Waals surface area contributed by atoms with Crippen molar-refractivity contribution in [3.05, 3.63) is 308 Å². The van der Waals surface area contributed by atoms with E-state index in [2.05, 4.69) is 163 Å². The average molecular weight is 1870 g/mol. The number of aryl methyl sites for hydroxylation is 2. The van der Waals surface area contributed by atoms with Gasteiger partial charge in [0.25, 0.3) is 41.4 Å². The molecule has 1 atom stereocenters. The summed E-state index contributed by atoms with van der Waals surface area (Å²) >= 11 is 0. The lowest BCUT2D eigenvalue weighted by molar-refractivity contribution is 0.0700. The first kappa shape index (κ1) is 98.7. The molecule has 7 aromatic heterocycles. The van der Waals surface area contributed by atoms with Crippen LogP contribution in [0, 0.1) is 69.1 Å². The van der Waals surface area contributed by atoms with Crippen LogP contribution in [0.1, 0.15) is 255 Å². The second-order valence-electron chi connectivity index (χ2n) is 36.7. The van der Waals surface area contributed by atoms with Gasteiger partial charge in [0.15, 0.2) is 5.82 Å². The van der Waals surface area contributed by atoms with Gasteiger partial charge >= 0.3 is 6.03 Å². The Morgan fingerprint density at radius 3 is 1.24 bits per heavy atom. The Labute approximate surface area is 818 Å². The zero-order chi connectivity index (χ0) is 98.0. The first-order valence-electron chi connectivity index (χ1n) is 48.2. The summed E-state index contributed by atoms with van der Waals surface area (Å²) in [7, 11) is 0. The van der Waals surface area contributed by atoms with E-state index in [1.165, 1.54) is 41.3 Å². The molecule has 11 aromatic rings. The van der Waals surface area contributed by atoms with Gasteiger partial charge in [-0.3, -0.25) is 48.8 Å². The molecule has 14 heterocycles. The highest BCUT2D eigenvalue weighted by atomic mass is 16.5. The molecule has 714 valence electrons. The quantitative estimate of drug-likeness (QED) is 0.0443. The molecule has 7 fully saturated rings. The van der Waals surface area contributed by atoms with E-state index in [0.717, 1.165) is 154 Å². The number of anilines is 6. The number of aromatic nitrogens is 8. The van der Waals surface area contributed by atoms with Gasteiger partial charge in [0.05, 0.1) is 41.1 Å². The molecule has 0 aliphatic carbocycles. The van der Waals surface area contributed by atoms with Crippen molar-refractivity contribution in [3.63, 3.8) is 0 Å². The van der Waals surface area contributed by atoms with Crippen molar-refractivity contribution in [3.8, 4) is 49.4 Å². The third kappa shape index (κ3) is 26.3. The van der Waals surface area contributed by atoms with Gasteiger partial charge in [0.2, 0.25) is 0 Å². The number of hydrogen-bond acceptors (Lipinski definition) is 19. The number of piperidine rings is 4. The van der Waals surface area contributed by atoms with Crippen LogP contribution in [0.2, 0.25) is 0 Å². The number of nitrogens with zero attached hydrogens (tertiary/aromatic N) is 14. The number of rotatable bonds is 20. The molecular formula is C112H117N19O9. The number of pyridine rings is 6. The van der Waals surface area contributed by atoms with Gasteiger partial charge in [0.1, 0.15) is 34.7 Å². The van der Waals surface area contributed by atoms with Crippen LogP contribution in [0.3, 0.4) is 0 Å². The fraction of sp³-hybridized carbons (Fsp3) is 0.339. The minimum absolute atomic E-state index is 0.00388. The normalized spacial score (nSPS) is 16.1. The number of amides is 9. The van der Waals surface area contributed by atoms with Gasteiger partial charge in [-0.2, -0.15) is 5.10 Å². The summed E-state index contributed by atoms with van der Waals surface area (Å²) in [5, 5.41) is 22.0. The number of terminal acetylenes is 4. The minimum Gasteiger partial charge on any atom is -0.379 e. The fourth-order valence-corrected chi connectivity index (χ4v) is 18.4. The molecule has 0 bridgehead atoms. The lowest BCUT2D eigenvalue weighted by Gasteiger charge is -2.32. The van der Waals surface area contributed by atoms with Gasteiger partial charge in [-0.05, 0) is 282 Å². The standard InChI is InChI=1S/C30H32N4O2.C29H29N5O2.C28H28N6O2.C25H28N4O3/c1-5-22-6-8-23(9-7-22)24-12-14-34(15-13-24)30(36)28-17-27(21(4)18-32-28)33-29(35)25-10-11-26(31-19-25)16-20(2)3;1-2-21-5-7-22(8-6-21)23-12-17-34(18-13-23)29(36)24-11-14-30-26(19-24)32-28(35)25-9-10-27(31-20-25)33-15-3-4-16-33;1-2-20-5-7-21(8-6-20)22-11-15-34(16-12-22)28(36)24-17-25(32-30-19-24)31-27(35)23-9-10-26(29-18-23)33-13-3-4-14-33;1-3-18-5-7-19(8-6-18)20-10-13-29(14-11-20)24(30)22-9-4-17(2)23(27-22)28-25(31)26-21-12-15-32-16-21/h1,6-11,17-20,24H,12-16H2,2-4H3,(H,32,33,35);1,5-11,14,19-20,23H,3-4,12-13,15-18H2,(H,30,32,35);1,5-10,17-19,22H,3-4,11-16H2,(H,31,32,35);1,4-9,20-21H,10-16H2,2H3,(H2,26,27,28,31). The van der Waals surface area contributed by atoms with Gasteiger partial charge < -0.3 is 55.4 Å². The summed E-state index contributed by atoms with van der Waals surface area (Å²) in [6.07, 6.45) is 44.6. The van der Waals surface area contributed by atoms with Crippen molar-refractivity contribution in [1.29, 1.82) is 0 Å². The third-order valence-electron chi connectivity index (χ3n) is 26.7. The molecule has 0 radical (unpaired) electrons. The topological polar surface area (TPSA) is 328 Å². The molecular weight excluding hydrogens is 1760 g/mol. The van der Waals surface area contributed by atoms with E-state index < -0.39 is 0 Å². The van der Waals surface area contributed by atoms with Gasteiger partial charge in [-0.1, -0.05) is 92.1 Å². The fourth-order valence-electron chi connectivity index (χ4n) is 18.4. The number of hydrogen-bond donors (Lipinski definition) is 5. The number of carbonyl (C=O) groups is 8. The van der Waals surface area contributed by atoms with E-state index in [0.29, 0.717) is 152 Å². The summed E-state index contributed by atoms with van der Waals surface area (Å²) < 4.78 is 5.28. The molecule has 5 N–H and O–H groups in total. The average Bonchev–Trinajstić information content (AvgIpc) is 0.948. The Balaban J connectivity index is 0.000000141. The highest BCUT2D eigenvalue weighted by Gasteiger charge is 2.32. The monoisotopic (exact) mass is 1870 g/mol. The molecule has 0 spiro atoms. The van der Waals surface area contributed by atoms with Crippen molar-refractivity contribution in [2.24, 2.45) is 5.92 Å². The molecule has 28 heteroatoms. The van der Waals surface area contributed by atoms with Gasteiger partial charge in [-0.15, -0.1) is 30.8 Å². The van der Waals surface area contributed by atoms with E-state index in [9.17, 15) is 38.4 Å². The smallest absolute Gasteiger partial charge is 0.320 e. The van der Waals surface area contributed by atoms with Crippen LogP contribution in [0.15, 0.2) is 207 Å². The van der Waals surface area contributed by atoms with Crippen molar-refractivity contribution in [1.82, 2.24) is 65.0 Å². The maximum Gasteiger partial charge on any atom is 0.320 e. The lowest BCUT2D eigenvalue weighted by atomic mass is 9.89. The molecule has 4 aromatic carbocycles. The second kappa shape index (κ2) is 47.8. The maximum absolute atomic E-state index is 13.2. The Hall–Kier alpha value is -15.8. The number of likely N-dealkylation sites (tertiary alicyclic amines) is 4. The molecule has 1 unspecified atom stereocenters. The predicted molar refractivity (Wildman–Crippen MR) is 543 cm³/mol. The Morgan fingerprint density at radius 2 is 0.814 bits per heavy atom. The van der Waals surface area contributed by atoms with Crippen molar-refractivity contribution in [2.45, 2.75) is 147 Å². The summed E-state index contributed by atoms with van der Waals surface area (Å²) in [6, 6.07) is 53.1. The molecule has 28 nitrogen and oxygen atoms in total. The summed E-state index contributed by atoms with van der Waals surface area (Å²) in [5.74, 6) is 14.2. The number of ether oxygens (including phenoxy) is 1. The number of nitrogens with one attached hydrogen (secondary N) is 5. The van der Waals surface area contributed by atoms with E-state index in [-0.39, 0.29) is 59.2 Å². The van der Waals surface area contributed by atoms with Crippen LogP contribution in [0.4, 0.5) is 39.6 Å². The SMILES string of the molecule is C#Cc1ccc(C2CCN(C(=O)c3cc(NC(=O)c4ccc(CC(C)C)nc4)c(C)cn3)CC2)cc1.C#Cc1ccc(C2CCN(C(=O)c3ccc(C)c(NC(=O)NC4CCOC4)n3)CC2)cc1.C#Cc1ccc(C2CCN(C(=O)c3ccnc(NC(=O)c4ccc(N5CCCC5)nc4)c3)CC2)cc1.C#Cc1ccc(C2CCN(C(=O)c3cnnc(NC(=O)c4ccc(N5CCCC5)nc4)c3)CC2)cc1. The molecule has 7 saturated heterocycles. The van der Waals surface area contributed by atoms with Gasteiger partial charge in [-0.25, -0.2) is 24.7 Å². The maximum atomic E-state index is 13.2. The van der Waals surface area contributed by atoms with Crippen molar-refractivity contribution >= 4 is 82.2 Å². The zero-order valence-corrected chi connectivity index (χ0v) is 79.6. The molecule has 0 saturated carbocycles. The van der Waals surface area contributed by atoms with Crippen LogP contribution >= 0.6 is 0 Å². The molecule has 18 rings (SSSR count). The first-order chi connectivity index (χ1) is 68.1. The lowest BCUT2D eigenvalue weighted by Crippen LogP contribution is -2.39. The molecule has 9 amide bonds. The highest BCUT2D eigenvalue weighted by molar-refractivity contribution is 6.07. The Bertz CT molecular complexity index is 6160. The Kier molecular flexibility index (Phi) is 33.7. The van der Waals surface area contributed by atoms with Crippen molar-refractivity contribution in [2.75, 3.05) is 123 Å². The third-order valence-corrected chi connectivity index (χ3v) is 26.7. The first-order valence-corrected chi connectivity index (χ1v) is 48.2. The second-order valence-corrected chi connectivity index (χ2v) is 36.7. The van der Waals surface area contributed by atoms with Crippen LogP contribution in [0.25, 0.3) is 0 Å². The highest BCUT2D eigenvalue weighted by Crippen LogP contribution is 2.35. The largest absolute Gasteiger partial charge is 0.379 e. The number of urea groups is 1. The predicted octanol–water partition coefficient (Wildman–Crippen LogP) is 16.6. The zero-order valence-electron chi connectivity index (χ0n) is 79.6. The van der Waals surface area contributed by atoms with E-state index in [4.69, 9.17) is 30.4 Å². The van der Waals surface area contributed by atoms with Crippen molar-refractivity contribution < 1.29 is 43.1 Å². The van der Waals surface area contributed by atoms with E-state index >= 15 is 0 Å². The molecule has 7 aliphatic heterocycles. The molecule has 140 heavy (non-hydrogen) atoms. The number of carbonyl (C=O) groups excluding carboxylic acids is 8.